The molecule has 1 atom stereocenters. The molecule has 1 fully saturated rings. The van der Waals surface area contributed by atoms with Gasteiger partial charge in [0.2, 0.25) is 6.29 Å². The quantitative estimate of drug-likeness (QED) is 0.374. The lowest BCUT2D eigenvalue weighted by atomic mass is 9.99. The van der Waals surface area contributed by atoms with Crippen molar-refractivity contribution in [3.8, 4) is 11.6 Å². The van der Waals surface area contributed by atoms with Crippen molar-refractivity contribution in [3.63, 3.8) is 0 Å². The maximum Gasteiger partial charge on any atom is 0.318 e. The van der Waals surface area contributed by atoms with E-state index in [-0.39, 0.29) is 11.9 Å². The molecule has 0 spiro atoms. The molecule has 0 aliphatic carbocycles. The predicted molar refractivity (Wildman–Crippen MR) is 136 cm³/mol. The number of aliphatic imine (C=N–C) groups is 1. The summed E-state index contributed by atoms with van der Waals surface area (Å²) >= 11 is 4.98. The fourth-order valence-corrected chi connectivity index (χ4v) is 5.54. The number of anilines is 3. The molecule has 0 radical (unpaired) electrons. The number of benzene rings is 2. The highest BCUT2D eigenvalue weighted by Gasteiger charge is 2.30. The van der Waals surface area contributed by atoms with Crippen LogP contribution in [-0.2, 0) is 4.74 Å². The van der Waals surface area contributed by atoms with Crippen LogP contribution in [0.4, 0.5) is 16.7 Å². The molecule has 2 aliphatic rings. The number of aromatic nitrogens is 3. The van der Waals surface area contributed by atoms with Crippen LogP contribution in [0.1, 0.15) is 11.1 Å². The number of morpholine rings is 1. The minimum absolute atomic E-state index is 0.122. The van der Waals surface area contributed by atoms with Crippen LogP contribution in [0.15, 0.2) is 67.9 Å². The topological polar surface area (TPSA) is 112 Å². The Balaban J connectivity index is 1.31. The first-order chi connectivity index (χ1) is 17.2. The van der Waals surface area contributed by atoms with Crippen LogP contribution in [0.2, 0.25) is 0 Å². The van der Waals surface area contributed by atoms with E-state index in [1.807, 2.05) is 54.6 Å². The molecule has 10 nitrogen and oxygen atoms in total. The molecule has 12 heteroatoms. The molecule has 1 saturated heterocycles. The molecular weight excluding hydrogens is 534 g/mol. The van der Waals surface area contributed by atoms with E-state index in [4.69, 9.17) is 14.1 Å². The van der Waals surface area contributed by atoms with Crippen molar-refractivity contribution in [3.05, 3.63) is 69.6 Å². The second-order valence-electron chi connectivity index (χ2n) is 7.86. The Hall–Kier alpha value is -3.32. The zero-order chi connectivity index (χ0) is 23.8. The van der Waals surface area contributed by atoms with Gasteiger partial charge in [-0.15, -0.1) is 5.10 Å². The Labute approximate surface area is 213 Å². The van der Waals surface area contributed by atoms with Crippen LogP contribution in [-0.4, -0.2) is 58.7 Å². The molecule has 2 N–H and O–H groups in total. The summed E-state index contributed by atoms with van der Waals surface area (Å²) < 4.78 is 12.1. The molecule has 0 amide bonds. The minimum Gasteiger partial charge on any atom is -0.401 e. The second kappa shape index (κ2) is 9.38. The van der Waals surface area contributed by atoms with Crippen molar-refractivity contribution in [2.75, 3.05) is 41.6 Å². The molecule has 35 heavy (non-hydrogen) atoms. The zero-order valence-electron chi connectivity index (χ0n) is 18.3. The van der Waals surface area contributed by atoms with Crippen molar-refractivity contribution in [1.29, 1.82) is 0 Å². The summed E-state index contributed by atoms with van der Waals surface area (Å²) in [5.41, 5.74) is 3.74. The monoisotopic (exact) mass is 553 g/mol. The van der Waals surface area contributed by atoms with E-state index in [2.05, 4.69) is 41.3 Å². The number of halogens is 1. The fourth-order valence-electron chi connectivity index (χ4n) is 4.07. The average molecular weight is 554 g/mol. The molecule has 4 aromatic rings. The average Bonchev–Trinajstić information content (AvgIpc) is 3.53. The van der Waals surface area contributed by atoms with Gasteiger partial charge in [-0.3, -0.25) is 10.5 Å². The molecule has 2 aromatic heterocycles. The van der Waals surface area contributed by atoms with Crippen LogP contribution in [0.3, 0.4) is 0 Å². The van der Waals surface area contributed by atoms with E-state index < -0.39 is 6.29 Å². The van der Waals surface area contributed by atoms with Gasteiger partial charge in [-0.25, -0.2) is 15.0 Å². The summed E-state index contributed by atoms with van der Waals surface area (Å²) in [6, 6.07) is 17.5. The second-order valence-corrected chi connectivity index (χ2v) is 10.1. The summed E-state index contributed by atoms with van der Waals surface area (Å²) in [5, 5.41) is 24.3. The third-order valence-corrected chi connectivity index (χ3v) is 7.27. The van der Waals surface area contributed by atoms with Crippen LogP contribution >= 0.6 is 27.3 Å². The van der Waals surface area contributed by atoms with E-state index in [9.17, 15) is 5.21 Å². The van der Waals surface area contributed by atoms with Crippen molar-refractivity contribution in [2.24, 2.45) is 4.99 Å². The SMILES string of the molecule is ON1c2ccccc2C(c2ccccc2)=NC1Nc1nnc(-c2nc(Br)sc2N2CCOCC2)o1. The highest BCUT2D eigenvalue weighted by Crippen LogP contribution is 2.39. The molecule has 0 bridgehead atoms. The van der Waals surface area contributed by atoms with Gasteiger partial charge in [0.05, 0.1) is 24.6 Å². The largest absolute Gasteiger partial charge is 0.401 e. The Kier molecular flexibility index (Phi) is 5.94. The number of thiazole rings is 1. The number of rotatable bonds is 5. The maximum absolute atomic E-state index is 10.9. The van der Waals surface area contributed by atoms with Gasteiger partial charge >= 0.3 is 6.01 Å². The maximum atomic E-state index is 10.9. The normalized spacial score (nSPS) is 17.8. The summed E-state index contributed by atoms with van der Waals surface area (Å²) in [6.07, 6.45) is -0.866. The summed E-state index contributed by atoms with van der Waals surface area (Å²) in [6.45, 7) is 2.84. The first kappa shape index (κ1) is 22.2. The Morgan fingerprint density at radius 2 is 1.80 bits per heavy atom. The number of fused-ring (bicyclic) bond motifs is 1. The van der Waals surface area contributed by atoms with Crippen molar-refractivity contribution < 1.29 is 14.4 Å². The van der Waals surface area contributed by atoms with Crippen LogP contribution in [0, 0.1) is 0 Å². The molecule has 178 valence electrons. The highest BCUT2D eigenvalue weighted by atomic mass is 79.9. The van der Waals surface area contributed by atoms with Crippen molar-refractivity contribution in [2.45, 2.75) is 6.29 Å². The number of hydrogen-bond acceptors (Lipinski definition) is 11. The summed E-state index contributed by atoms with van der Waals surface area (Å²) in [5.74, 6) is 0.281. The third-order valence-electron chi connectivity index (χ3n) is 5.70. The smallest absolute Gasteiger partial charge is 0.318 e. The van der Waals surface area contributed by atoms with E-state index >= 15 is 0 Å². The number of nitrogens with zero attached hydrogens (tertiary/aromatic N) is 6. The van der Waals surface area contributed by atoms with Gasteiger partial charge in [-0.05, 0) is 22.0 Å². The zero-order valence-corrected chi connectivity index (χ0v) is 20.7. The van der Waals surface area contributed by atoms with E-state index in [1.54, 1.807) is 0 Å². The van der Waals surface area contributed by atoms with Crippen LogP contribution in [0.5, 0.6) is 0 Å². The molecule has 0 saturated carbocycles. The van der Waals surface area contributed by atoms with E-state index in [0.717, 1.165) is 43.9 Å². The van der Waals surface area contributed by atoms with Gasteiger partial charge in [-0.2, -0.15) is 0 Å². The standard InChI is InChI=1S/C23H20BrN7O3S/c24-21-25-18(20(35-21)30-10-12-33-13-11-30)19-28-29-23(34-19)27-22-26-17(14-6-2-1-3-7-14)15-8-4-5-9-16(15)31(22)32/h1-9,22,32H,10-13H2,(H,27,29). The number of hydrogen-bond donors (Lipinski definition) is 2. The number of ether oxygens (including phenoxy) is 1. The minimum atomic E-state index is -0.866. The van der Waals surface area contributed by atoms with E-state index in [1.165, 1.54) is 11.3 Å². The Bertz CT molecular complexity index is 1370. The lowest BCUT2D eigenvalue weighted by Crippen LogP contribution is -2.42. The highest BCUT2D eigenvalue weighted by molar-refractivity contribution is 9.11. The first-order valence-electron chi connectivity index (χ1n) is 11.0. The fraction of sp³-hybridized carbons (Fsp3) is 0.217. The molecule has 4 heterocycles. The number of para-hydroxylation sites is 1. The van der Waals surface area contributed by atoms with Gasteiger partial charge < -0.3 is 14.1 Å². The lowest BCUT2D eigenvalue weighted by Gasteiger charge is -2.31. The number of hydroxylamine groups is 1. The Morgan fingerprint density at radius 1 is 1.03 bits per heavy atom. The van der Waals surface area contributed by atoms with Crippen molar-refractivity contribution in [1.82, 2.24) is 15.2 Å². The van der Waals surface area contributed by atoms with Crippen LogP contribution in [0.25, 0.3) is 11.6 Å². The molecule has 2 aromatic carbocycles. The van der Waals surface area contributed by atoms with Gasteiger partial charge in [0.15, 0.2) is 9.61 Å². The van der Waals surface area contributed by atoms with Gasteiger partial charge in [0, 0.05) is 24.2 Å². The first-order valence-corrected chi connectivity index (χ1v) is 12.6. The lowest BCUT2D eigenvalue weighted by molar-refractivity contribution is 0.123. The predicted octanol–water partition coefficient (Wildman–Crippen LogP) is 4.23. The molecular formula is C23H20BrN7O3S. The van der Waals surface area contributed by atoms with Gasteiger partial charge in [0.1, 0.15) is 5.00 Å². The molecule has 6 rings (SSSR count). The third kappa shape index (κ3) is 4.29. The van der Waals surface area contributed by atoms with Gasteiger partial charge in [0.25, 0.3) is 5.89 Å². The van der Waals surface area contributed by atoms with Gasteiger partial charge in [-0.1, -0.05) is 65.0 Å². The summed E-state index contributed by atoms with van der Waals surface area (Å²) in [4.78, 5) is 11.5. The molecule has 2 aliphatic heterocycles. The van der Waals surface area contributed by atoms with Crippen molar-refractivity contribution >= 4 is 49.7 Å². The molecule has 1 unspecified atom stereocenters. The number of nitrogens with one attached hydrogen (secondary N) is 1. The van der Waals surface area contributed by atoms with Crippen LogP contribution < -0.4 is 15.3 Å². The Morgan fingerprint density at radius 3 is 2.63 bits per heavy atom. The van der Waals surface area contributed by atoms with E-state index in [0.29, 0.717) is 24.6 Å². The summed E-state index contributed by atoms with van der Waals surface area (Å²) in [7, 11) is 0.